The fourth-order valence-corrected chi connectivity index (χ4v) is 3.24. The third-order valence-electron chi connectivity index (χ3n) is 3.77. The van der Waals surface area contributed by atoms with Crippen LogP contribution in [0.2, 0.25) is 0 Å². The van der Waals surface area contributed by atoms with Crippen molar-refractivity contribution < 1.29 is 9.59 Å². The zero-order valence-corrected chi connectivity index (χ0v) is 15.2. The molecule has 2 rings (SSSR count). The molecule has 2 amide bonds. The summed E-state index contributed by atoms with van der Waals surface area (Å²) in [6, 6.07) is 12.5. The Morgan fingerprint density at radius 1 is 1.04 bits per heavy atom. The van der Waals surface area contributed by atoms with Gasteiger partial charge >= 0.3 is 0 Å². The maximum atomic E-state index is 12.5. The Bertz CT molecular complexity index is 680. The number of amides is 2. The summed E-state index contributed by atoms with van der Waals surface area (Å²) in [6.45, 7) is 6.46. The van der Waals surface area contributed by atoms with Crippen LogP contribution in [0.1, 0.15) is 40.9 Å². The highest BCUT2D eigenvalue weighted by molar-refractivity contribution is 7.11. The summed E-state index contributed by atoms with van der Waals surface area (Å²) in [5.74, 6) is -0.373. The van der Waals surface area contributed by atoms with Crippen molar-refractivity contribution in [2.24, 2.45) is 5.92 Å². The predicted octanol–water partition coefficient (Wildman–Crippen LogP) is 3.38. The predicted molar refractivity (Wildman–Crippen MR) is 98.1 cm³/mol. The summed E-state index contributed by atoms with van der Waals surface area (Å²) in [6.07, 6.45) is 1.00. The van der Waals surface area contributed by atoms with Gasteiger partial charge in [0.25, 0.3) is 5.91 Å². The minimum atomic E-state index is -0.552. The second-order valence-corrected chi connectivity index (χ2v) is 7.25. The van der Waals surface area contributed by atoms with Crippen LogP contribution < -0.4 is 10.6 Å². The molecule has 128 valence electrons. The van der Waals surface area contributed by atoms with E-state index in [1.165, 1.54) is 4.88 Å². The Labute approximate surface area is 147 Å². The van der Waals surface area contributed by atoms with Crippen molar-refractivity contribution in [2.45, 2.75) is 39.8 Å². The second kappa shape index (κ2) is 8.64. The largest absolute Gasteiger partial charge is 0.349 e. The van der Waals surface area contributed by atoms with Gasteiger partial charge in [-0.1, -0.05) is 39.0 Å². The summed E-state index contributed by atoms with van der Waals surface area (Å²) in [7, 11) is 0. The van der Waals surface area contributed by atoms with E-state index in [4.69, 9.17) is 0 Å². The molecule has 4 nitrogen and oxygen atoms in total. The van der Waals surface area contributed by atoms with E-state index in [1.807, 2.05) is 38.1 Å². The van der Waals surface area contributed by atoms with Crippen molar-refractivity contribution >= 4 is 23.2 Å². The Kier molecular flexibility index (Phi) is 6.55. The molecule has 0 unspecified atom stereocenters. The van der Waals surface area contributed by atoms with E-state index in [1.54, 1.807) is 23.5 Å². The van der Waals surface area contributed by atoms with Gasteiger partial charge in [-0.2, -0.15) is 0 Å². The number of benzene rings is 1. The normalized spacial score (nSPS) is 12.0. The van der Waals surface area contributed by atoms with Crippen LogP contribution in [0.5, 0.6) is 0 Å². The van der Waals surface area contributed by atoms with Crippen LogP contribution >= 0.6 is 11.3 Å². The van der Waals surface area contributed by atoms with Gasteiger partial charge in [0.15, 0.2) is 0 Å². The highest BCUT2D eigenvalue weighted by atomic mass is 32.1. The van der Waals surface area contributed by atoms with Crippen molar-refractivity contribution in [3.05, 3.63) is 57.8 Å². The van der Waals surface area contributed by atoms with Crippen LogP contribution in [0.3, 0.4) is 0 Å². The molecule has 1 atom stereocenters. The Hall–Kier alpha value is -2.14. The molecule has 0 aliphatic heterocycles. The molecule has 1 aromatic carbocycles. The molecule has 0 aliphatic rings. The molecule has 0 radical (unpaired) electrons. The smallest absolute Gasteiger partial charge is 0.251 e. The van der Waals surface area contributed by atoms with Gasteiger partial charge in [-0.25, -0.2) is 0 Å². The topological polar surface area (TPSA) is 58.2 Å². The SMILES string of the molecule is CCc1ccc(CNC(=O)[C@@H](NC(=O)c2ccccc2)C(C)C)s1. The summed E-state index contributed by atoms with van der Waals surface area (Å²) in [5.41, 5.74) is 0.557. The van der Waals surface area contributed by atoms with E-state index in [-0.39, 0.29) is 17.7 Å². The zero-order chi connectivity index (χ0) is 17.5. The molecule has 0 fully saturated rings. The minimum Gasteiger partial charge on any atom is -0.349 e. The molecule has 0 saturated carbocycles. The molecular formula is C19H24N2O2S. The van der Waals surface area contributed by atoms with Crippen LogP contribution in [-0.4, -0.2) is 17.9 Å². The number of aryl methyl sites for hydroxylation is 1. The van der Waals surface area contributed by atoms with Gasteiger partial charge in [-0.15, -0.1) is 11.3 Å². The molecule has 0 aliphatic carbocycles. The quantitative estimate of drug-likeness (QED) is 0.809. The van der Waals surface area contributed by atoms with Gasteiger partial charge in [0.2, 0.25) is 5.91 Å². The van der Waals surface area contributed by atoms with Crippen molar-refractivity contribution in [2.75, 3.05) is 0 Å². The van der Waals surface area contributed by atoms with Crippen LogP contribution in [0.4, 0.5) is 0 Å². The van der Waals surface area contributed by atoms with E-state index in [2.05, 4.69) is 23.6 Å². The Morgan fingerprint density at radius 2 is 1.71 bits per heavy atom. The maximum Gasteiger partial charge on any atom is 0.251 e. The lowest BCUT2D eigenvalue weighted by Gasteiger charge is -2.21. The number of carbonyl (C=O) groups excluding carboxylic acids is 2. The third-order valence-corrected chi connectivity index (χ3v) is 5.00. The number of hydrogen-bond donors (Lipinski definition) is 2. The lowest BCUT2D eigenvalue weighted by molar-refractivity contribution is -0.124. The van der Waals surface area contributed by atoms with Gasteiger partial charge in [-0.05, 0) is 36.6 Å². The number of nitrogens with one attached hydrogen (secondary N) is 2. The molecule has 5 heteroatoms. The molecule has 1 heterocycles. The van der Waals surface area contributed by atoms with E-state index < -0.39 is 6.04 Å². The van der Waals surface area contributed by atoms with Crippen LogP contribution in [0.15, 0.2) is 42.5 Å². The average molecular weight is 344 g/mol. The highest BCUT2D eigenvalue weighted by Gasteiger charge is 2.24. The molecule has 24 heavy (non-hydrogen) atoms. The fourth-order valence-electron chi connectivity index (χ4n) is 2.34. The van der Waals surface area contributed by atoms with Crippen molar-refractivity contribution in [3.63, 3.8) is 0 Å². The molecule has 1 aromatic heterocycles. The number of thiophene rings is 1. The number of carbonyl (C=O) groups is 2. The lowest BCUT2D eigenvalue weighted by atomic mass is 10.0. The Balaban J connectivity index is 1.96. The van der Waals surface area contributed by atoms with Gasteiger partial charge in [-0.3, -0.25) is 9.59 Å². The van der Waals surface area contributed by atoms with Crippen LogP contribution in [0, 0.1) is 5.92 Å². The van der Waals surface area contributed by atoms with Crippen LogP contribution in [0.25, 0.3) is 0 Å². The molecule has 0 bridgehead atoms. The molecule has 2 aromatic rings. The van der Waals surface area contributed by atoms with Crippen molar-refractivity contribution in [3.8, 4) is 0 Å². The number of hydrogen-bond acceptors (Lipinski definition) is 3. The summed E-state index contributed by atoms with van der Waals surface area (Å²) in [5, 5.41) is 5.77. The average Bonchev–Trinajstić information content (AvgIpc) is 3.06. The molecule has 0 saturated heterocycles. The third kappa shape index (κ3) is 4.93. The van der Waals surface area contributed by atoms with E-state index >= 15 is 0 Å². The van der Waals surface area contributed by atoms with Gasteiger partial charge in [0.05, 0.1) is 6.54 Å². The summed E-state index contributed by atoms with van der Waals surface area (Å²) >= 11 is 1.70. The van der Waals surface area contributed by atoms with E-state index in [0.29, 0.717) is 12.1 Å². The molecule has 0 spiro atoms. The first-order chi connectivity index (χ1) is 11.5. The second-order valence-electron chi connectivity index (χ2n) is 6.00. The molecule has 2 N–H and O–H groups in total. The first-order valence-electron chi connectivity index (χ1n) is 8.22. The van der Waals surface area contributed by atoms with Gasteiger partial charge < -0.3 is 10.6 Å². The zero-order valence-electron chi connectivity index (χ0n) is 14.3. The lowest BCUT2D eigenvalue weighted by Crippen LogP contribution is -2.49. The van der Waals surface area contributed by atoms with Gasteiger partial charge in [0, 0.05) is 15.3 Å². The first-order valence-corrected chi connectivity index (χ1v) is 9.04. The minimum absolute atomic E-state index is 0.00667. The van der Waals surface area contributed by atoms with Crippen molar-refractivity contribution in [1.29, 1.82) is 0 Å². The van der Waals surface area contributed by atoms with Crippen molar-refractivity contribution in [1.82, 2.24) is 10.6 Å². The highest BCUT2D eigenvalue weighted by Crippen LogP contribution is 2.16. The van der Waals surface area contributed by atoms with Gasteiger partial charge in [0.1, 0.15) is 6.04 Å². The van der Waals surface area contributed by atoms with Crippen LogP contribution in [-0.2, 0) is 17.8 Å². The summed E-state index contributed by atoms with van der Waals surface area (Å²) < 4.78 is 0. The summed E-state index contributed by atoms with van der Waals surface area (Å²) in [4.78, 5) is 27.2. The van der Waals surface area contributed by atoms with E-state index in [9.17, 15) is 9.59 Å². The standard InChI is InChI=1S/C19H24N2O2S/c1-4-15-10-11-16(24-15)12-20-19(23)17(13(2)3)21-18(22)14-8-6-5-7-9-14/h5-11,13,17H,4,12H2,1-3H3,(H,20,23)(H,21,22)/t17-/m0/s1. The number of rotatable bonds is 7. The first kappa shape index (κ1) is 18.2. The fraction of sp³-hybridized carbons (Fsp3) is 0.368. The molecular weight excluding hydrogens is 320 g/mol. The maximum absolute atomic E-state index is 12.5. The monoisotopic (exact) mass is 344 g/mol. The Morgan fingerprint density at radius 3 is 2.29 bits per heavy atom. The van der Waals surface area contributed by atoms with E-state index in [0.717, 1.165) is 11.3 Å².